The van der Waals surface area contributed by atoms with Crippen molar-refractivity contribution in [1.82, 2.24) is 4.57 Å². The molecule has 1 heterocycles. The second kappa shape index (κ2) is 6.70. The molecule has 0 spiro atoms. The molecule has 0 aliphatic rings. The summed E-state index contributed by atoms with van der Waals surface area (Å²) in [5.74, 6) is 0.808. The molecule has 0 fully saturated rings. The third-order valence-corrected chi connectivity index (χ3v) is 4.60. The average Bonchev–Trinajstić information content (AvgIpc) is 2.60. The minimum Gasteiger partial charge on any atom is -0.411 e. The van der Waals surface area contributed by atoms with Gasteiger partial charge in [0.25, 0.3) is 0 Å². The third-order valence-electron chi connectivity index (χ3n) is 2.74. The minimum atomic E-state index is -0.951. The Labute approximate surface area is 110 Å². The summed E-state index contributed by atoms with van der Waals surface area (Å²) in [6, 6.07) is 1.29. The van der Waals surface area contributed by atoms with Crippen molar-refractivity contribution in [2.24, 2.45) is 12.2 Å². The van der Waals surface area contributed by atoms with Crippen molar-refractivity contribution < 1.29 is 14.5 Å². The van der Waals surface area contributed by atoms with E-state index in [0.717, 1.165) is 18.9 Å². The summed E-state index contributed by atoms with van der Waals surface area (Å²) in [5.41, 5.74) is 0. The fourth-order valence-corrected chi connectivity index (χ4v) is 2.93. The zero-order valence-corrected chi connectivity index (χ0v) is 12.8. The zero-order valence-electron chi connectivity index (χ0n) is 11.8. The molecule has 0 amide bonds. The van der Waals surface area contributed by atoms with Crippen molar-refractivity contribution in [2.45, 2.75) is 38.8 Å². The van der Waals surface area contributed by atoms with Crippen molar-refractivity contribution >= 4 is 14.3 Å². The lowest BCUT2D eigenvalue weighted by molar-refractivity contribution is -0.672. The number of ether oxygens (including phenoxy) is 1. The molecule has 0 radical (unpaired) electrons. The van der Waals surface area contributed by atoms with Gasteiger partial charge in [-0.05, 0) is 6.42 Å². The van der Waals surface area contributed by atoms with Crippen LogP contribution < -0.4 is 4.57 Å². The quantitative estimate of drug-likeness (QED) is 0.205. The first-order chi connectivity index (χ1) is 8.44. The van der Waals surface area contributed by atoms with Crippen LogP contribution in [0.4, 0.5) is 0 Å². The van der Waals surface area contributed by atoms with Gasteiger partial charge in [0.2, 0.25) is 0 Å². The molecule has 6 heteroatoms. The van der Waals surface area contributed by atoms with Gasteiger partial charge in [-0.2, -0.15) is 0 Å². The van der Waals surface area contributed by atoms with Gasteiger partial charge in [0.05, 0.1) is 13.7 Å². The van der Waals surface area contributed by atoms with Crippen molar-refractivity contribution in [3.8, 4) is 0 Å². The molecule has 0 aliphatic heterocycles. The number of nitrogens with zero attached hydrogens (tertiary/aromatic N) is 3. The number of aromatic nitrogens is 2. The van der Waals surface area contributed by atoms with Crippen LogP contribution in [0.2, 0.25) is 25.7 Å². The van der Waals surface area contributed by atoms with E-state index in [1.165, 1.54) is 12.3 Å². The van der Waals surface area contributed by atoms with E-state index in [4.69, 9.17) is 9.94 Å². The largest absolute Gasteiger partial charge is 0.411 e. The number of oxime groups is 1. The van der Waals surface area contributed by atoms with Gasteiger partial charge in [0, 0.05) is 8.07 Å². The molecule has 0 aliphatic carbocycles. The van der Waals surface area contributed by atoms with Crippen LogP contribution in [0.5, 0.6) is 0 Å². The van der Waals surface area contributed by atoms with Crippen LogP contribution in [0.25, 0.3) is 0 Å². The predicted octanol–water partition coefficient (Wildman–Crippen LogP) is 1.82. The topological polar surface area (TPSA) is 50.6 Å². The summed E-state index contributed by atoms with van der Waals surface area (Å²) in [5, 5.41) is 11.7. The van der Waals surface area contributed by atoms with E-state index in [1.54, 1.807) is 0 Å². The van der Waals surface area contributed by atoms with Gasteiger partial charge >= 0.3 is 5.82 Å². The highest BCUT2D eigenvalue weighted by molar-refractivity contribution is 6.76. The van der Waals surface area contributed by atoms with Gasteiger partial charge in [0.1, 0.15) is 12.4 Å². The fraction of sp³-hybridized carbons (Fsp3) is 0.667. The molecule has 102 valence electrons. The van der Waals surface area contributed by atoms with Gasteiger partial charge in [-0.25, -0.2) is 9.13 Å². The summed E-state index contributed by atoms with van der Waals surface area (Å²) in [7, 11) is 0.950. The van der Waals surface area contributed by atoms with Crippen LogP contribution in [0.3, 0.4) is 0 Å². The average molecular weight is 270 g/mol. The highest BCUT2D eigenvalue weighted by Gasteiger charge is 2.13. The van der Waals surface area contributed by atoms with E-state index in [1.807, 2.05) is 28.6 Å². The second-order valence-corrected chi connectivity index (χ2v) is 11.3. The molecule has 1 N–H and O–H groups in total. The first-order valence-electron chi connectivity index (χ1n) is 6.24. The lowest BCUT2D eigenvalue weighted by Gasteiger charge is -2.14. The van der Waals surface area contributed by atoms with Gasteiger partial charge in [-0.15, -0.1) is 0 Å². The second-order valence-electron chi connectivity index (χ2n) is 5.68. The zero-order chi connectivity index (χ0) is 13.6. The van der Waals surface area contributed by atoms with Crippen LogP contribution in [0, 0.1) is 0 Å². The van der Waals surface area contributed by atoms with E-state index >= 15 is 0 Å². The molecular formula is C12H24N3O2Si+. The first-order valence-corrected chi connectivity index (χ1v) is 9.95. The van der Waals surface area contributed by atoms with Crippen molar-refractivity contribution in [2.75, 3.05) is 6.61 Å². The summed E-state index contributed by atoms with van der Waals surface area (Å²) < 4.78 is 9.44. The molecule has 18 heavy (non-hydrogen) atoms. The summed E-state index contributed by atoms with van der Waals surface area (Å²) >= 11 is 0. The number of hydrogen-bond donors (Lipinski definition) is 1. The number of rotatable bonds is 7. The SMILES string of the molecule is C[n+]1ccn(COCCC[Si](C)(C)C)c1/C=N/O. The smallest absolute Gasteiger partial charge is 0.305 e. The third kappa shape index (κ3) is 5.01. The van der Waals surface area contributed by atoms with E-state index in [2.05, 4.69) is 24.8 Å². The van der Waals surface area contributed by atoms with Gasteiger partial charge in [0.15, 0.2) is 12.9 Å². The molecule has 0 saturated heterocycles. The van der Waals surface area contributed by atoms with Gasteiger partial charge < -0.3 is 9.94 Å². The Morgan fingerprint density at radius 3 is 2.83 bits per heavy atom. The molecular weight excluding hydrogens is 246 g/mol. The van der Waals surface area contributed by atoms with Crippen molar-refractivity contribution in [1.29, 1.82) is 0 Å². The molecule has 0 unspecified atom stereocenters. The van der Waals surface area contributed by atoms with E-state index in [9.17, 15) is 0 Å². The molecule has 0 atom stereocenters. The van der Waals surface area contributed by atoms with Crippen LogP contribution in [0.1, 0.15) is 12.2 Å². The first kappa shape index (κ1) is 14.9. The van der Waals surface area contributed by atoms with E-state index in [-0.39, 0.29) is 0 Å². The predicted molar refractivity (Wildman–Crippen MR) is 73.7 cm³/mol. The van der Waals surface area contributed by atoms with Crippen LogP contribution in [-0.4, -0.2) is 30.7 Å². The Kier molecular flexibility index (Phi) is 5.55. The van der Waals surface area contributed by atoms with Crippen LogP contribution in [-0.2, 0) is 18.5 Å². The van der Waals surface area contributed by atoms with Crippen LogP contribution in [0.15, 0.2) is 17.5 Å². The number of aryl methyl sites for hydroxylation is 1. The van der Waals surface area contributed by atoms with Gasteiger partial charge in [-0.3, -0.25) is 0 Å². The van der Waals surface area contributed by atoms with E-state index in [0.29, 0.717) is 6.73 Å². The highest BCUT2D eigenvalue weighted by atomic mass is 28.3. The Morgan fingerprint density at radius 2 is 2.22 bits per heavy atom. The molecule has 0 bridgehead atoms. The number of hydrogen-bond acceptors (Lipinski definition) is 3. The maximum Gasteiger partial charge on any atom is 0.305 e. The van der Waals surface area contributed by atoms with Crippen molar-refractivity contribution in [3.05, 3.63) is 18.2 Å². The Hall–Kier alpha value is -1.14. The van der Waals surface area contributed by atoms with Gasteiger partial charge in [-0.1, -0.05) is 30.8 Å². The number of imidazole rings is 1. The molecule has 5 nitrogen and oxygen atoms in total. The monoisotopic (exact) mass is 270 g/mol. The molecule has 0 aromatic carbocycles. The summed E-state index contributed by atoms with van der Waals surface area (Å²) in [6.45, 7) is 8.38. The van der Waals surface area contributed by atoms with Crippen molar-refractivity contribution in [3.63, 3.8) is 0 Å². The molecule has 1 aromatic rings. The lowest BCUT2D eigenvalue weighted by Crippen LogP contribution is -2.32. The lowest BCUT2D eigenvalue weighted by atomic mass is 10.5. The minimum absolute atomic E-state index is 0.494. The Bertz CT molecular complexity index is 397. The van der Waals surface area contributed by atoms with Crippen LogP contribution >= 0.6 is 0 Å². The molecule has 0 saturated carbocycles. The molecule has 1 rings (SSSR count). The Morgan fingerprint density at radius 1 is 1.50 bits per heavy atom. The highest BCUT2D eigenvalue weighted by Crippen LogP contribution is 2.10. The fourth-order valence-electron chi connectivity index (χ4n) is 1.73. The summed E-state index contributed by atoms with van der Waals surface area (Å²) in [4.78, 5) is 0. The summed E-state index contributed by atoms with van der Waals surface area (Å²) in [6.07, 6.45) is 6.34. The van der Waals surface area contributed by atoms with E-state index < -0.39 is 8.07 Å². The maximum absolute atomic E-state index is 8.59. The normalized spacial score (nSPS) is 12.4. The molecule has 1 aromatic heterocycles. The standard InChI is InChI=1S/C12H23N3O2Si/c1-14-6-7-15(12(14)10-13-16)11-17-8-5-9-18(2,3)4/h6-7,10H,5,8-9,11H2,1-4H3/p+1. The maximum atomic E-state index is 8.59. The Balaban J connectivity index is 2.36.